The predicted octanol–water partition coefficient (Wildman–Crippen LogP) is 4.22. The largest absolute Gasteiger partial charge is 0.458 e. The van der Waals surface area contributed by atoms with E-state index in [1.165, 1.54) is 22.3 Å². The van der Waals surface area contributed by atoms with Gasteiger partial charge in [0.15, 0.2) is 0 Å². The Hall–Kier alpha value is -3.61. The molecule has 170 valence electrons. The number of carbonyl (C=O) groups excluding carboxylic acids is 2. The van der Waals surface area contributed by atoms with Gasteiger partial charge in [-0.1, -0.05) is 36.4 Å². The van der Waals surface area contributed by atoms with Crippen molar-refractivity contribution in [2.45, 2.75) is 57.8 Å². The van der Waals surface area contributed by atoms with Crippen molar-refractivity contribution >= 4 is 17.7 Å². The first-order chi connectivity index (χ1) is 16.2. The van der Waals surface area contributed by atoms with Crippen LogP contribution in [0.4, 0.5) is 10.5 Å². The first-order valence-corrected chi connectivity index (χ1v) is 11.5. The quantitative estimate of drug-likeness (QED) is 0.551. The molecule has 1 aromatic heterocycles. The van der Waals surface area contributed by atoms with E-state index in [1.807, 2.05) is 30.3 Å². The van der Waals surface area contributed by atoms with Crippen LogP contribution in [0.3, 0.4) is 0 Å². The summed E-state index contributed by atoms with van der Waals surface area (Å²) in [6, 6.07) is 13.5. The molecule has 0 bridgehead atoms. The van der Waals surface area contributed by atoms with Crippen LogP contribution < -0.4 is 5.32 Å². The number of rotatable bonds is 7. The molecule has 5 rings (SSSR count). The molecule has 7 nitrogen and oxygen atoms in total. The average Bonchev–Trinajstić information content (AvgIpc) is 3.59. The lowest BCUT2D eigenvalue weighted by Crippen LogP contribution is -2.35. The summed E-state index contributed by atoms with van der Waals surface area (Å²) in [7, 11) is 0. The van der Waals surface area contributed by atoms with E-state index in [0.717, 1.165) is 49.8 Å². The van der Waals surface area contributed by atoms with Crippen LogP contribution in [-0.4, -0.2) is 27.9 Å². The minimum absolute atomic E-state index is 0.0824. The molecule has 0 saturated heterocycles. The average molecular weight is 446 g/mol. The van der Waals surface area contributed by atoms with E-state index in [-0.39, 0.29) is 13.2 Å². The number of aromatic nitrogens is 2. The topological polar surface area (TPSA) is 82.5 Å². The number of fused-ring (bicyclic) bond motifs is 2. The Kier molecular flexibility index (Phi) is 6.11. The predicted molar refractivity (Wildman–Crippen MR) is 123 cm³/mol. The van der Waals surface area contributed by atoms with Crippen LogP contribution >= 0.6 is 0 Å². The van der Waals surface area contributed by atoms with Crippen molar-refractivity contribution in [3.63, 3.8) is 0 Å². The lowest BCUT2D eigenvalue weighted by molar-refractivity contribution is -0.155. The highest BCUT2D eigenvalue weighted by Gasteiger charge is 2.29. The Morgan fingerprint density at radius 1 is 1.00 bits per heavy atom. The van der Waals surface area contributed by atoms with Gasteiger partial charge in [0, 0.05) is 12.4 Å². The lowest BCUT2D eigenvalue weighted by Gasteiger charge is -2.20. The van der Waals surface area contributed by atoms with Crippen molar-refractivity contribution in [2.24, 2.45) is 0 Å². The van der Waals surface area contributed by atoms with Crippen molar-refractivity contribution in [1.82, 2.24) is 9.78 Å². The number of nitrogens with zero attached hydrogens (tertiary/aromatic N) is 2. The maximum absolute atomic E-state index is 13.0. The van der Waals surface area contributed by atoms with Crippen LogP contribution in [0.2, 0.25) is 0 Å². The maximum atomic E-state index is 13.0. The van der Waals surface area contributed by atoms with E-state index in [2.05, 4.69) is 16.5 Å². The van der Waals surface area contributed by atoms with Gasteiger partial charge in [0.05, 0.1) is 12.2 Å². The minimum Gasteiger partial charge on any atom is -0.458 e. The second-order valence-corrected chi connectivity index (χ2v) is 8.57. The molecular weight excluding hydrogens is 418 g/mol. The van der Waals surface area contributed by atoms with Crippen LogP contribution in [0, 0.1) is 0 Å². The van der Waals surface area contributed by atoms with Gasteiger partial charge in [-0.25, -0.2) is 9.59 Å². The van der Waals surface area contributed by atoms with Gasteiger partial charge in [-0.05, 0) is 72.4 Å². The molecular formula is C26H27N3O4. The zero-order chi connectivity index (χ0) is 22.6. The molecule has 1 N–H and O–H groups in total. The van der Waals surface area contributed by atoms with E-state index in [1.54, 1.807) is 23.1 Å². The van der Waals surface area contributed by atoms with Gasteiger partial charge in [-0.3, -0.25) is 10.00 Å². The number of aryl methyl sites for hydroxylation is 2. The molecule has 2 aliphatic rings. The Balaban J connectivity index is 1.31. The molecule has 0 unspecified atom stereocenters. The number of amides is 1. The Morgan fingerprint density at radius 3 is 2.39 bits per heavy atom. The first-order valence-electron chi connectivity index (χ1n) is 11.5. The normalized spacial score (nSPS) is 14.9. The van der Waals surface area contributed by atoms with Crippen molar-refractivity contribution < 1.29 is 19.1 Å². The molecule has 2 aliphatic carbocycles. The molecule has 1 amide bonds. The van der Waals surface area contributed by atoms with Gasteiger partial charge in [0.2, 0.25) is 6.10 Å². The van der Waals surface area contributed by atoms with E-state index in [0.29, 0.717) is 0 Å². The van der Waals surface area contributed by atoms with Crippen molar-refractivity contribution in [3.05, 3.63) is 82.7 Å². The summed E-state index contributed by atoms with van der Waals surface area (Å²) in [5, 5.41) is 7.12. The zero-order valence-corrected chi connectivity index (χ0v) is 18.5. The summed E-state index contributed by atoms with van der Waals surface area (Å²) in [5.74, 6) is -0.604. The zero-order valence-electron chi connectivity index (χ0n) is 18.5. The van der Waals surface area contributed by atoms with E-state index in [9.17, 15) is 9.59 Å². The van der Waals surface area contributed by atoms with Crippen molar-refractivity contribution in [1.29, 1.82) is 0 Å². The monoisotopic (exact) mass is 445 g/mol. The fraction of sp³-hybridized carbons (Fsp3) is 0.346. The van der Waals surface area contributed by atoms with Crippen LogP contribution in [0.1, 0.15) is 40.7 Å². The first kappa shape index (κ1) is 21.2. The summed E-state index contributed by atoms with van der Waals surface area (Å²) in [6.45, 7) is 0.193. The fourth-order valence-electron chi connectivity index (χ4n) is 4.79. The van der Waals surface area contributed by atoms with Gasteiger partial charge >= 0.3 is 12.1 Å². The summed E-state index contributed by atoms with van der Waals surface area (Å²) >= 11 is 0. The third kappa shape index (κ3) is 4.77. The van der Waals surface area contributed by atoms with E-state index < -0.39 is 18.2 Å². The molecule has 33 heavy (non-hydrogen) atoms. The number of esters is 1. The smallest absolute Gasteiger partial charge is 0.412 e. The second kappa shape index (κ2) is 9.48. The number of hydrogen-bond donors (Lipinski definition) is 1. The third-order valence-electron chi connectivity index (χ3n) is 6.35. The second-order valence-electron chi connectivity index (χ2n) is 8.57. The molecule has 1 heterocycles. The highest BCUT2D eigenvalue weighted by molar-refractivity contribution is 5.90. The number of hydrogen-bond acceptors (Lipinski definition) is 5. The molecule has 1 atom stereocenters. The summed E-state index contributed by atoms with van der Waals surface area (Å²) in [6.07, 6.45) is 7.75. The fourth-order valence-corrected chi connectivity index (χ4v) is 4.79. The maximum Gasteiger partial charge on any atom is 0.412 e. The number of carbonyl (C=O) groups is 2. The Labute approximate surface area is 192 Å². The molecule has 0 aliphatic heterocycles. The lowest BCUT2D eigenvalue weighted by atomic mass is 9.99. The van der Waals surface area contributed by atoms with Gasteiger partial charge in [0.25, 0.3) is 0 Å². The number of anilines is 1. The summed E-state index contributed by atoms with van der Waals surface area (Å²) < 4.78 is 12.6. The number of ether oxygens (including phenoxy) is 2. The van der Waals surface area contributed by atoms with Gasteiger partial charge in [-0.2, -0.15) is 5.10 Å². The van der Waals surface area contributed by atoms with Gasteiger partial charge < -0.3 is 9.47 Å². The SMILES string of the molecule is O=C(Nc1c2c(cc3c1CCC3)CCC2)O[C@H](Cn1cccn1)C(=O)OCc1ccccc1. The minimum atomic E-state index is -1.11. The molecule has 7 heteroatoms. The Morgan fingerprint density at radius 2 is 1.73 bits per heavy atom. The molecule has 0 radical (unpaired) electrons. The van der Waals surface area contributed by atoms with Crippen LogP contribution in [-0.2, 0) is 53.1 Å². The van der Waals surface area contributed by atoms with Crippen LogP contribution in [0.5, 0.6) is 0 Å². The Bertz CT molecular complexity index is 1110. The molecule has 0 fully saturated rings. The standard InChI is InChI=1S/C26H27N3O4/c30-25(32-17-18-7-2-1-3-8-18)23(16-29-14-6-13-27-29)33-26(31)28-24-21-11-4-9-19(21)15-20-10-5-12-22(20)24/h1-3,6-8,13-15,23H,4-5,9-12,16-17H2,(H,28,31)/t23-/m1/s1. The van der Waals surface area contributed by atoms with Gasteiger partial charge in [0.1, 0.15) is 6.61 Å². The van der Waals surface area contributed by atoms with E-state index >= 15 is 0 Å². The third-order valence-corrected chi connectivity index (χ3v) is 6.35. The van der Waals surface area contributed by atoms with Crippen LogP contribution in [0.15, 0.2) is 54.9 Å². The van der Waals surface area contributed by atoms with Gasteiger partial charge in [-0.15, -0.1) is 0 Å². The molecule has 0 spiro atoms. The highest BCUT2D eigenvalue weighted by Crippen LogP contribution is 2.38. The van der Waals surface area contributed by atoms with E-state index in [4.69, 9.17) is 9.47 Å². The summed E-state index contributed by atoms with van der Waals surface area (Å²) in [5.41, 5.74) is 6.81. The number of nitrogens with one attached hydrogen (secondary N) is 1. The molecule has 3 aromatic rings. The van der Waals surface area contributed by atoms with Crippen molar-refractivity contribution in [2.75, 3.05) is 5.32 Å². The number of benzene rings is 2. The van der Waals surface area contributed by atoms with Crippen molar-refractivity contribution in [3.8, 4) is 0 Å². The highest BCUT2D eigenvalue weighted by atomic mass is 16.6. The molecule has 0 saturated carbocycles. The summed E-state index contributed by atoms with van der Waals surface area (Å²) in [4.78, 5) is 25.8. The molecule has 2 aromatic carbocycles. The van der Waals surface area contributed by atoms with Crippen LogP contribution in [0.25, 0.3) is 0 Å².